The number of likely N-dealkylation sites (N-methyl/N-ethyl adjacent to an activating group) is 1. The van der Waals surface area contributed by atoms with Crippen molar-refractivity contribution >= 4 is 11.5 Å². The quantitative estimate of drug-likeness (QED) is 0.366. The Kier molecular flexibility index (Phi) is 4.04. The molecule has 0 bridgehead atoms. The van der Waals surface area contributed by atoms with E-state index in [1.807, 2.05) is 31.3 Å². The molecule has 1 aliphatic rings. The Labute approximate surface area is 107 Å². The van der Waals surface area contributed by atoms with Gasteiger partial charge in [-0.25, -0.2) is 0 Å². The normalized spacial score (nSPS) is 20.1. The molecule has 0 aliphatic carbocycles. The number of ether oxygens (including phenoxy) is 1. The Morgan fingerprint density at radius 2 is 2.33 bits per heavy atom. The second-order valence-corrected chi connectivity index (χ2v) is 4.52. The first-order chi connectivity index (χ1) is 8.72. The molecular formula is C13H19N3O2. The molecule has 1 fully saturated rings. The Bertz CT molecular complexity index is 428. The summed E-state index contributed by atoms with van der Waals surface area (Å²) >= 11 is 0. The largest absolute Gasteiger partial charge is 0.409 e. The van der Waals surface area contributed by atoms with Gasteiger partial charge in [0.25, 0.3) is 0 Å². The van der Waals surface area contributed by atoms with E-state index >= 15 is 0 Å². The van der Waals surface area contributed by atoms with Gasteiger partial charge in [-0.2, -0.15) is 0 Å². The van der Waals surface area contributed by atoms with Gasteiger partial charge in [0.05, 0.1) is 6.10 Å². The van der Waals surface area contributed by atoms with Gasteiger partial charge >= 0.3 is 0 Å². The first kappa shape index (κ1) is 12.7. The first-order valence-electron chi connectivity index (χ1n) is 6.12. The van der Waals surface area contributed by atoms with Gasteiger partial charge in [0, 0.05) is 31.5 Å². The second-order valence-electron chi connectivity index (χ2n) is 4.52. The summed E-state index contributed by atoms with van der Waals surface area (Å²) in [6.45, 7) is 1.66. The molecule has 0 aromatic heterocycles. The Morgan fingerprint density at radius 1 is 1.56 bits per heavy atom. The number of nitrogens with zero attached hydrogens (tertiary/aromatic N) is 2. The van der Waals surface area contributed by atoms with E-state index in [4.69, 9.17) is 15.7 Å². The van der Waals surface area contributed by atoms with Gasteiger partial charge in [-0.05, 0) is 25.0 Å². The zero-order valence-electron chi connectivity index (χ0n) is 10.5. The molecule has 1 aromatic rings. The van der Waals surface area contributed by atoms with E-state index in [-0.39, 0.29) is 11.9 Å². The van der Waals surface area contributed by atoms with Crippen LogP contribution in [-0.4, -0.2) is 37.3 Å². The molecule has 98 valence electrons. The van der Waals surface area contributed by atoms with E-state index in [2.05, 4.69) is 10.1 Å². The molecule has 0 saturated carbocycles. The lowest BCUT2D eigenvalue weighted by molar-refractivity contribution is 0.116. The highest BCUT2D eigenvalue weighted by molar-refractivity contribution is 6.02. The van der Waals surface area contributed by atoms with Crippen LogP contribution in [0.2, 0.25) is 0 Å². The van der Waals surface area contributed by atoms with Crippen molar-refractivity contribution in [1.82, 2.24) is 0 Å². The third kappa shape index (κ3) is 2.73. The number of hydrogen-bond acceptors (Lipinski definition) is 4. The van der Waals surface area contributed by atoms with Crippen LogP contribution in [0.4, 0.5) is 5.69 Å². The first-order valence-corrected chi connectivity index (χ1v) is 6.12. The molecule has 1 heterocycles. The molecule has 5 heteroatoms. The van der Waals surface area contributed by atoms with Crippen LogP contribution in [-0.2, 0) is 4.74 Å². The maximum Gasteiger partial charge on any atom is 0.172 e. The van der Waals surface area contributed by atoms with Crippen molar-refractivity contribution in [1.29, 1.82) is 0 Å². The van der Waals surface area contributed by atoms with E-state index in [0.717, 1.165) is 37.2 Å². The predicted octanol–water partition coefficient (Wildman–Crippen LogP) is 1.40. The Morgan fingerprint density at radius 3 is 3.00 bits per heavy atom. The average molecular weight is 249 g/mol. The average Bonchev–Trinajstić information content (AvgIpc) is 2.90. The highest BCUT2D eigenvalue weighted by Crippen LogP contribution is 2.21. The van der Waals surface area contributed by atoms with E-state index in [0.29, 0.717) is 0 Å². The SMILES string of the molecule is CN(CC1CCCO1)c1ccccc1C(N)=NO. The summed E-state index contributed by atoms with van der Waals surface area (Å²) in [7, 11) is 1.99. The standard InChI is InChI=1S/C13H19N3O2/c1-16(9-10-5-4-8-18-10)12-7-3-2-6-11(12)13(14)15-17/h2-3,6-7,10,17H,4-5,8-9H2,1H3,(H2,14,15). The number of amidine groups is 1. The van der Waals surface area contributed by atoms with Crippen LogP contribution in [0.1, 0.15) is 18.4 Å². The van der Waals surface area contributed by atoms with Crippen molar-refractivity contribution in [3.63, 3.8) is 0 Å². The predicted molar refractivity (Wildman–Crippen MR) is 71.2 cm³/mol. The summed E-state index contributed by atoms with van der Waals surface area (Å²) in [5.74, 6) is 0.129. The van der Waals surface area contributed by atoms with E-state index in [1.165, 1.54) is 0 Å². The number of hydrogen-bond donors (Lipinski definition) is 2. The molecule has 1 saturated heterocycles. The summed E-state index contributed by atoms with van der Waals surface area (Å²) in [5.41, 5.74) is 7.37. The molecule has 0 spiro atoms. The third-order valence-electron chi connectivity index (χ3n) is 3.20. The number of rotatable bonds is 4. The van der Waals surface area contributed by atoms with E-state index in [1.54, 1.807) is 0 Å². The third-order valence-corrected chi connectivity index (χ3v) is 3.20. The fraction of sp³-hybridized carbons (Fsp3) is 0.462. The van der Waals surface area contributed by atoms with Gasteiger partial charge in [-0.15, -0.1) is 0 Å². The highest BCUT2D eigenvalue weighted by Gasteiger charge is 2.19. The molecule has 1 aliphatic heterocycles. The summed E-state index contributed by atoms with van der Waals surface area (Å²) < 4.78 is 5.62. The van der Waals surface area contributed by atoms with Crippen molar-refractivity contribution in [3.05, 3.63) is 29.8 Å². The van der Waals surface area contributed by atoms with Gasteiger partial charge in [-0.3, -0.25) is 0 Å². The molecular weight excluding hydrogens is 230 g/mol. The maximum atomic E-state index is 8.80. The van der Waals surface area contributed by atoms with Gasteiger partial charge in [0.15, 0.2) is 5.84 Å². The number of nitrogens with two attached hydrogens (primary N) is 1. The lowest BCUT2D eigenvalue weighted by Crippen LogP contribution is -2.30. The molecule has 18 heavy (non-hydrogen) atoms. The molecule has 0 amide bonds. The fourth-order valence-corrected chi connectivity index (χ4v) is 2.27. The number of anilines is 1. The lowest BCUT2D eigenvalue weighted by atomic mass is 10.1. The minimum Gasteiger partial charge on any atom is -0.409 e. The second kappa shape index (κ2) is 5.73. The summed E-state index contributed by atoms with van der Waals surface area (Å²) in [5, 5.41) is 11.9. The summed E-state index contributed by atoms with van der Waals surface area (Å²) in [6.07, 6.45) is 2.49. The topological polar surface area (TPSA) is 71.1 Å². The minimum absolute atomic E-state index is 0.129. The number of para-hydroxylation sites is 1. The van der Waals surface area contributed by atoms with Crippen LogP contribution in [0, 0.1) is 0 Å². The Balaban J connectivity index is 2.16. The van der Waals surface area contributed by atoms with Crippen LogP contribution in [0.3, 0.4) is 0 Å². The number of oxime groups is 1. The van der Waals surface area contributed by atoms with E-state index in [9.17, 15) is 0 Å². The monoisotopic (exact) mass is 249 g/mol. The van der Waals surface area contributed by atoms with Crippen molar-refractivity contribution in [2.75, 3.05) is 25.1 Å². The maximum absolute atomic E-state index is 8.80. The van der Waals surface area contributed by atoms with Crippen LogP contribution in [0.15, 0.2) is 29.4 Å². The van der Waals surface area contributed by atoms with Crippen molar-refractivity contribution in [2.24, 2.45) is 10.9 Å². The molecule has 1 atom stereocenters. The van der Waals surface area contributed by atoms with Crippen LogP contribution < -0.4 is 10.6 Å². The van der Waals surface area contributed by atoms with Crippen LogP contribution in [0.25, 0.3) is 0 Å². The zero-order chi connectivity index (χ0) is 13.0. The van der Waals surface area contributed by atoms with Crippen molar-refractivity contribution in [2.45, 2.75) is 18.9 Å². The summed E-state index contributed by atoms with van der Waals surface area (Å²) in [6, 6.07) is 7.62. The van der Waals surface area contributed by atoms with Gasteiger partial charge in [-0.1, -0.05) is 17.3 Å². The Hall–Kier alpha value is -1.75. The molecule has 5 nitrogen and oxygen atoms in total. The van der Waals surface area contributed by atoms with Gasteiger partial charge in [0.2, 0.25) is 0 Å². The molecule has 2 rings (SSSR count). The van der Waals surface area contributed by atoms with Crippen molar-refractivity contribution < 1.29 is 9.94 Å². The molecule has 1 unspecified atom stereocenters. The minimum atomic E-state index is 0.129. The molecule has 1 aromatic carbocycles. The van der Waals surface area contributed by atoms with Crippen molar-refractivity contribution in [3.8, 4) is 0 Å². The smallest absolute Gasteiger partial charge is 0.172 e. The van der Waals surface area contributed by atoms with Crippen LogP contribution in [0.5, 0.6) is 0 Å². The van der Waals surface area contributed by atoms with Gasteiger partial charge in [0.1, 0.15) is 0 Å². The van der Waals surface area contributed by atoms with E-state index < -0.39 is 0 Å². The van der Waals surface area contributed by atoms with Gasteiger partial charge < -0.3 is 20.6 Å². The summed E-state index contributed by atoms with van der Waals surface area (Å²) in [4.78, 5) is 2.09. The van der Waals surface area contributed by atoms with Crippen LogP contribution >= 0.6 is 0 Å². The molecule has 3 N–H and O–H groups in total. The number of benzene rings is 1. The molecule has 0 radical (unpaired) electrons. The fourth-order valence-electron chi connectivity index (χ4n) is 2.27. The lowest BCUT2D eigenvalue weighted by Gasteiger charge is -2.24. The zero-order valence-corrected chi connectivity index (χ0v) is 10.5. The highest BCUT2D eigenvalue weighted by atomic mass is 16.5.